The van der Waals surface area contributed by atoms with Crippen molar-refractivity contribution in [2.75, 3.05) is 27.1 Å². The van der Waals surface area contributed by atoms with Gasteiger partial charge in [-0.1, -0.05) is 0 Å². The zero-order valence-corrected chi connectivity index (χ0v) is 11.2. The van der Waals surface area contributed by atoms with E-state index in [4.69, 9.17) is 17.7 Å². The molecule has 0 radical (unpaired) electrons. The van der Waals surface area contributed by atoms with Gasteiger partial charge >= 0.3 is 9.05 Å². The molecule has 90 valence electrons. The van der Waals surface area contributed by atoms with Gasteiger partial charge in [-0.25, -0.2) is 0 Å². The fraction of sp³-hybridized carbons (Fsp3) is 0.875. The molecule has 7 heteroatoms. The first-order chi connectivity index (χ1) is 7.14. The molecule has 0 N–H and O–H groups in total. The Morgan fingerprint density at radius 1 is 1.13 bits per heavy atom. The lowest BCUT2D eigenvalue weighted by Crippen LogP contribution is -2.48. The summed E-state index contributed by atoms with van der Waals surface area (Å²) in [6.45, 7) is 0. The van der Waals surface area contributed by atoms with Crippen molar-refractivity contribution in [1.29, 1.82) is 0 Å². The van der Waals surface area contributed by atoms with Crippen LogP contribution in [-0.2, 0) is 22.5 Å². The van der Waals surface area contributed by atoms with Crippen LogP contribution >= 0.6 is 12.6 Å². The van der Waals surface area contributed by atoms with Gasteiger partial charge in [-0.2, -0.15) is 12.6 Å². The Balaban J connectivity index is 4.00. The summed E-state index contributed by atoms with van der Waals surface area (Å²) in [5.74, 6) is 0.392. The van der Waals surface area contributed by atoms with Gasteiger partial charge in [-0.05, 0) is 18.6 Å². The predicted molar refractivity (Wildman–Crippen MR) is 60.6 cm³/mol. The lowest BCUT2D eigenvalue weighted by molar-refractivity contribution is -0.142. The Morgan fingerprint density at radius 2 is 1.67 bits per heavy atom. The molecule has 0 unspecified atom stereocenters. The van der Waals surface area contributed by atoms with Crippen LogP contribution in [0.5, 0.6) is 0 Å². The van der Waals surface area contributed by atoms with Crippen LogP contribution in [0.1, 0.15) is 19.3 Å². The SMILES string of the molecule is CO[Si](OC)(OC)OC(=O)CCCCS. The van der Waals surface area contributed by atoms with Crippen molar-refractivity contribution in [2.24, 2.45) is 0 Å². The Kier molecular flexibility index (Phi) is 8.07. The lowest BCUT2D eigenvalue weighted by Gasteiger charge is -2.22. The molecule has 0 rings (SSSR count). The fourth-order valence-corrected chi connectivity index (χ4v) is 2.30. The van der Waals surface area contributed by atoms with Crippen molar-refractivity contribution in [1.82, 2.24) is 0 Å². The topological polar surface area (TPSA) is 54.0 Å². The third kappa shape index (κ3) is 5.52. The van der Waals surface area contributed by atoms with Crippen LogP contribution < -0.4 is 0 Å². The van der Waals surface area contributed by atoms with Gasteiger partial charge in [-0.15, -0.1) is 0 Å². The summed E-state index contributed by atoms with van der Waals surface area (Å²) in [6, 6.07) is 0. The maximum absolute atomic E-state index is 11.4. The minimum absolute atomic E-state index is 0.325. The highest BCUT2D eigenvalue weighted by molar-refractivity contribution is 7.80. The van der Waals surface area contributed by atoms with E-state index in [1.807, 2.05) is 0 Å². The highest BCUT2D eigenvalue weighted by Crippen LogP contribution is 2.10. The monoisotopic (exact) mass is 254 g/mol. The molecule has 0 bridgehead atoms. The molecule has 0 heterocycles. The van der Waals surface area contributed by atoms with Crippen LogP contribution in [0.4, 0.5) is 0 Å². The molecule has 0 aromatic heterocycles. The van der Waals surface area contributed by atoms with Gasteiger partial charge in [0.05, 0.1) is 0 Å². The van der Waals surface area contributed by atoms with Crippen molar-refractivity contribution in [2.45, 2.75) is 19.3 Å². The molecule has 0 saturated heterocycles. The van der Waals surface area contributed by atoms with E-state index in [1.165, 1.54) is 21.3 Å². The number of rotatable bonds is 8. The quantitative estimate of drug-likeness (QED) is 0.398. The normalized spacial score (nSPS) is 11.5. The van der Waals surface area contributed by atoms with Gasteiger partial charge in [0, 0.05) is 27.8 Å². The van der Waals surface area contributed by atoms with Crippen molar-refractivity contribution >= 4 is 27.6 Å². The first-order valence-corrected chi connectivity index (χ1v) is 6.88. The molecule has 0 aromatic carbocycles. The third-order valence-corrected chi connectivity index (χ3v) is 4.07. The Labute approximate surface area is 96.9 Å². The fourth-order valence-electron chi connectivity index (χ4n) is 0.947. The van der Waals surface area contributed by atoms with E-state index >= 15 is 0 Å². The van der Waals surface area contributed by atoms with E-state index in [9.17, 15) is 4.79 Å². The summed E-state index contributed by atoms with van der Waals surface area (Å²) in [4.78, 5) is 11.4. The molecular weight excluding hydrogens is 236 g/mol. The molecule has 0 spiro atoms. The van der Waals surface area contributed by atoms with Crippen LogP contribution in [0.3, 0.4) is 0 Å². The van der Waals surface area contributed by atoms with Gasteiger partial charge in [-0.3, -0.25) is 4.79 Å². The first-order valence-electron chi connectivity index (χ1n) is 4.62. The van der Waals surface area contributed by atoms with Gasteiger partial charge < -0.3 is 17.7 Å². The largest absolute Gasteiger partial charge is 0.750 e. The summed E-state index contributed by atoms with van der Waals surface area (Å²) in [5.41, 5.74) is 0. The Morgan fingerprint density at radius 3 is 2.07 bits per heavy atom. The highest BCUT2D eigenvalue weighted by Gasteiger charge is 2.46. The summed E-state index contributed by atoms with van der Waals surface area (Å²) < 4.78 is 19.9. The zero-order valence-electron chi connectivity index (χ0n) is 9.32. The molecular formula is C8H18O5SSi. The second-order valence-corrected chi connectivity index (χ2v) is 5.64. The first kappa shape index (κ1) is 14.9. The highest BCUT2D eigenvalue weighted by atomic mass is 32.1. The number of hydrogen-bond donors (Lipinski definition) is 1. The molecule has 15 heavy (non-hydrogen) atoms. The van der Waals surface area contributed by atoms with Crippen LogP contribution in [0, 0.1) is 0 Å². The molecule has 0 aliphatic carbocycles. The van der Waals surface area contributed by atoms with E-state index in [0.29, 0.717) is 6.42 Å². The van der Waals surface area contributed by atoms with Crippen molar-refractivity contribution < 1.29 is 22.5 Å². The zero-order chi connectivity index (χ0) is 11.7. The number of carbonyl (C=O) groups excluding carboxylic acids is 1. The summed E-state index contributed by atoms with van der Waals surface area (Å²) in [6.07, 6.45) is 1.94. The van der Waals surface area contributed by atoms with Crippen molar-refractivity contribution in [3.63, 3.8) is 0 Å². The van der Waals surface area contributed by atoms with Gasteiger partial charge in [0.25, 0.3) is 5.97 Å². The standard InChI is InChI=1S/C8H18O5SSi/c1-10-15(11-2,12-3)13-8(9)6-4-5-7-14/h14H,4-7H2,1-3H3. The van der Waals surface area contributed by atoms with Crippen LogP contribution in [0.15, 0.2) is 0 Å². The van der Waals surface area contributed by atoms with E-state index in [0.717, 1.165) is 18.6 Å². The molecule has 0 aliphatic heterocycles. The maximum atomic E-state index is 11.4. The molecule has 0 fully saturated rings. The average Bonchev–Trinajstić information content (AvgIpc) is 2.26. The Hall–Kier alpha value is -0.0831. The van der Waals surface area contributed by atoms with E-state index in [1.54, 1.807) is 0 Å². The van der Waals surface area contributed by atoms with Crippen LogP contribution in [0.2, 0.25) is 0 Å². The smallest absolute Gasteiger partial charge is 0.452 e. The average molecular weight is 254 g/mol. The summed E-state index contributed by atoms with van der Waals surface area (Å²) >= 11 is 4.05. The maximum Gasteiger partial charge on any atom is 0.750 e. The van der Waals surface area contributed by atoms with Crippen LogP contribution in [-0.4, -0.2) is 42.1 Å². The van der Waals surface area contributed by atoms with Gasteiger partial charge in [0.2, 0.25) is 0 Å². The number of hydrogen-bond acceptors (Lipinski definition) is 6. The summed E-state index contributed by atoms with van der Waals surface area (Å²) in [7, 11) is 0.958. The molecule has 0 aromatic rings. The lowest BCUT2D eigenvalue weighted by atomic mass is 10.3. The van der Waals surface area contributed by atoms with E-state index in [2.05, 4.69) is 12.6 Å². The molecule has 0 atom stereocenters. The molecule has 5 nitrogen and oxygen atoms in total. The number of unbranched alkanes of at least 4 members (excludes halogenated alkanes) is 1. The minimum Gasteiger partial charge on any atom is -0.452 e. The summed E-state index contributed by atoms with van der Waals surface area (Å²) in [5, 5.41) is 0. The third-order valence-electron chi connectivity index (χ3n) is 1.78. The van der Waals surface area contributed by atoms with Crippen molar-refractivity contribution in [3.05, 3.63) is 0 Å². The van der Waals surface area contributed by atoms with E-state index in [-0.39, 0.29) is 5.97 Å². The second kappa shape index (κ2) is 8.11. The second-order valence-electron chi connectivity index (χ2n) is 2.77. The van der Waals surface area contributed by atoms with Gasteiger partial charge in [0.1, 0.15) is 0 Å². The number of thiol groups is 1. The van der Waals surface area contributed by atoms with Gasteiger partial charge in [0.15, 0.2) is 0 Å². The van der Waals surface area contributed by atoms with Crippen molar-refractivity contribution in [3.8, 4) is 0 Å². The molecule has 0 saturated carbocycles. The predicted octanol–water partition coefficient (Wildman–Crippen LogP) is 1.00. The number of carbonyl (C=O) groups is 1. The van der Waals surface area contributed by atoms with E-state index < -0.39 is 9.05 Å². The molecule has 0 aliphatic rings. The minimum atomic E-state index is -3.21. The molecule has 0 amide bonds. The Bertz CT molecular complexity index is 178. The van der Waals surface area contributed by atoms with Crippen LogP contribution in [0.25, 0.3) is 0 Å².